The van der Waals surface area contributed by atoms with Crippen molar-refractivity contribution in [2.75, 3.05) is 11.1 Å². The van der Waals surface area contributed by atoms with E-state index in [9.17, 15) is 28.1 Å². The van der Waals surface area contributed by atoms with Gasteiger partial charge in [-0.15, -0.1) is 10.2 Å². The second kappa shape index (κ2) is 9.87. The van der Waals surface area contributed by atoms with Crippen molar-refractivity contribution in [1.29, 1.82) is 0 Å². The summed E-state index contributed by atoms with van der Waals surface area (Å²) in [5.74, 6) is 0.142. The van der Waals surface area contributed by atoms with Crippen LogP contribution in [0.15, 0.2) is 46.2 Å². The fourth-order valence-electron chi connectivity index (χ4n) is 3.92. The maximum Gasteiger partial charge on any atom is 0.418 e. The Morgan fingerprint density at radius 3 is 2.65 bits per heavy atom. The minimum atomic E-state index is -4.87. The monoisotopic (exact) mass is 495 g/mol. The van der Waals surface area contributed by atoms with Crippen LogP contribution < -0.4 is 5.32 Å². The van der Waals surface area contributed by atoms with E-state index < -0.39 is 33.9 Å². The van der Waals surface area contributed by atoms with E-state index in [1.54, 1.807) is 12.1 Å². The summed E-state index contributed by atoms with van der Waals surface area (Å²) in [5, 5.41) is 21.9. The average Bonchev–Trinajstić information content (AvgIpc) is 3.47. The third-order valence-electron chi connectivity index (χ3n) is 5.47. The first-order valence-electron chi connectivity index (χ1n) is 10.5. The Kier molecular flexibility index (Phi) is 6.91. The third-order valence-corrected chi connectivity index (χ3v) is 6.41. The highest BCUT2D eigenvalue weighted by Crippen LogP contribution is 2.38. The van der Waals surface area contributed by atoms with Crippen LogP contribution in [0.25, 0.3) is 11.6 Å². The molecule has 1 aromatic carbocycles. The number of benzene rings is 1. The van der Waals surface area contributed by atoms with Crippen LogP contribution in [0.1, 0.15) is 43.7 Å². The molecular formula is C21H20F3N5O4S. The molecule has 1 aliphatic carbocycles. The molecule has 180 valence electrons. The number of carbonyl (C=O) groups excluding carboxylic acids is 1. The summed E-state index contributed by atoms with van der Waals surface area (Å²) in [6.07, 6.45) is 1.72. The fourth-order valence-corrected chi connectivity index (χ4v) is 4.73. The smallest absolute Gasteiger partial charge is 0.418 e. The van der Waals surface area contributed by atoms with Gasteiger partial charge in [-0.2, -0.15) is 13.2 Å². The zero-order valence-corrected chi connectivity index (χ0v) is 18.6. The number of halogens is 3. The first-order valence-corrected chi connectivity index (χ1v) is 11.5. The van der Waals surface area contributed by atoms with E-state index in [-0.39, 0.29) is 11.8 Å². The molecule has 1 amide bonds. The van der Waals surface area contributed by atoms with Gasteiger partial charge >= 0.3 is 6.18 Å². The van der Waals surface area contributed by atoms with Gasteiger partial charge in [-0.05, 0) is 31.0 Å². The number of thioether (sulfide) groups is 1. The van der Waals surface area contributed by atoms with E-state index in [0.29, 0.717) is 22.8 Å². The topological polar surface area (TPSA) is 116 Å². The lowest BCUT2D eigenvalue weighted by atomic mass is 9.95. The SMILES string of the molecule is O=C(CSc1nnc(-c2ccco2)n1C1CCCCC1)Nc1ccc([N+](=O)[O-])cc1C(F)(F)F. The molecule has 0 radical (unpaired) electrons. The molecule has 0 bridgehead atoms. The van der Waals surface area contributed by atoms with Gasteiger partial charge in [0.1, 0.15) is 0 Å². The van der Waals surface area contributed by atoms with Crippen LogP contribution in [-0.2, 0) is 11.0 Å². The largest absolute Gasteiger partial charge is 0.461 e. The number of furan rings is 1. The highest BCUT2D eigenvalue weighted by atomic mass is 32.2. The summed E-state index contributed by atoms with van der Waals surface area (Å²) in [4.78, 5) is 22.4. The molecule has 3 aromatic rings. The molecule has 0 saturated heterocycles. The Morgan fingerprint density at radius 2 is 2.00 bits per heavy atom. The number of carbonyl (C=O) groups is 1. The molecular weight excluding hydrogens is 475 g/mol. The normalized spacial score (nSPS) is 14.8. The van der Waals surface area contributed by atoms with Gasteiger partial charge < -0.3 is 9.73 Å². The van der Waals surface area contributed by atoms with Crippen LogP contribution in [-0.4, -0.2) is 31.3 Å². The second-order valence-corrected chi connectivity index (χ2v) is 8.71. The average molecular weight is 495 g/mol. The minimum absolute atomic E-state index is 0.126. The summed E-state index contributed by atoms with van der Waals surface area (Å²) in [6, 6.07) is 5.81. The van der Waals surface area contributed by atoms with Gasteiger partial charge in [0.2, 0.25) is 11.7 Å². The van der Waals surface area contributed by atoms with Crippen molar-refractivity contribution in [3.63, 3.8) is 0 Å². The number of nitro groups is 1. The van der Waals surface area contributed by atoms with E-state index in [1.807, 2.05) is 4.57 Å². The number of anilines is 1. The molecule has 0 aliphatic heterocycles. The van der Waals surface area contributed by atoms with Gasteiger partial charge in [-0.3, -0.25) is 19.5 Å². The van der Waals surface area contributed by atoms with Crippen LogP contribution in [0, 0.1) is 10.1 Å². The van der Waals surface area contributed by atoms with Crippen molar-refractivity contribution in [2.45, 2.75) is 49.5 Å². The van der Waals surface area contributed by atoms with Crippen molar-refractivity contribution in [3.05, 3.63) is 52.3 Å². The maximum atomic E-state index is 13.4. The lowest BCUT2D eigenvalue weighted by Gasteiger charge is -2.25. The summed E-state index contributed by atoms with van der Waals surface area (Å²) in [6.45, 7) is 0. The van der Waals surface area contributed by atoms with E-state index in [2.05, 4.69) is 15.5 Å². The predicted octanol–water partition coefficient (Wildman–Crippen LogP) is 5.70. The van der Waals surface area contributed by atoms with Crippen molar-refractivity contribution in [2.24, 2.45) is 0 Å². The van der Waals surface area contributed by atoms with Crippen LogP contribution in [0.2, 0.25) is 0 Å². The Hall–Kier alpha value is -3.35. The Balaban J connectivity index is 1.52. The molecule has 1 aliphatic rings. The summed E-state index contributed by atoms with van der Waals surface area (Å²) in [5.41, 5.74) is -2.55. The zero-order valence-electron chi connectivity index (χ0n) is 17.7. The van der Waals surface area contributed by atoms with Gasteiger partial charge in [0.25, 0.3) is 5.69 Å². The number of non-ortho nitro benzene ring substituents is 1. The summed E-state index contributed by atoms with van der Waals surface area (Å²) >= 11 is 1.05. The molecule has 2 heterocycles. The van der Waals surface area contributed by atoms with E-state index in [4.69, 9.17) is 4.42 Å². The number of nitro benzene ring substituents is 1. The summed E-state index contributed by atoms with van der Waals surface area (Å²) in [7, 11) is 0. The molecule has 0 unspecified atom stereocenters. The molecule has 0 atom stereocenters. The Labute approximate surface area is 195 Å². The molecule has 1 N–H and O–H groups in total. The maximum absolute atomic E-state index is 13.4. The second-order valence-electron chi connectivity index (χ2n) is 7.77. The highest BCUT2D eigenvalue weighted by Gasteiger charge is 2.35. The van der Waals surface area contributed by atoms with Crippen molar-refractivity contribution in [3.8, 4) is 11.6 Å². The number of nitrogens with one attached hydrogen (secondary N) is 1. The third kappa shape index (κ3) is 5.24. The molecule has 13 heteroatoms. The van der Waals surface area contributed by atoms with Gasteiger partial charge in [0.05, 0.1) is 28.2 Å². The molecule has 9 nitrogen and oxygen atoms in total. The van der Waals surface area contributed by atoms with Crippen LogP contribution in [0.5, 0.6) is 0 Å². The van der Waals surface area contributed by atoms with Gasteiger partial charge in [-0.1, -0.05) is 31.0 Å². The van der Waals surface area contributed by atoms with E-state index in [1.165, 1.54) is 6.26 Å². The number of aromatic nitrogens is 3. The molecule has 1 saturated carbocycles. The number of hydrogen-bond acceptors (Lipinski definition) is 7. The van der Waals surface area contributed by atoms with Crippen molar-refractivity contribution >= 4 is 29.0 Å². The van der Waals surface area contributed by atoms with Crippen LogP contribution >= 0.6 is 11.8 Å². The number of nitrogens with zero attached hydrogens (tertiary/aromatic N) is 4. The molecule has 1 fully saturated rings. The molecule has 4 rings (SSSR count). The summed E-state index contributed by atoms with van der Waals surface area (Å²) < 4.78 is 47.5. The lowest BCUT2D eigenvalue weighted by molar-refractivity contribution is -0.385. The van der Waals surface area contributed by atoms with Gasteiger partial charge in [-0.25, -0.2) is 0 Å². The number of alkyl halides is 3. The fraction of sp³-hybridized carbons (Fsp3) is 0.381. The van der Waals surface area contributed by atoms with E-state index >= 15 is 0 Å². The molecule has 0 spiro atoms. The van der Waals surface area contributed by atoms with Gasteiger partial charge in [0.15, 0.2) is 10.9 Å². The number of hydrogen-bond donors (Lipinski definition) is 1. The van der Waals surface area contributed by atoms with Crippen molar-refractivity contribution < 1.29 is 27.3 Å². The highest BCUT2D eigenvalue weighted by molar-refractivity contribution is 7.99. The number of rotatable bonds is 7. The molecule has 2 aromatic heterocycles. The number of amides is 1. The standard InChI is InChI=1S/C21H20F3N5O4S/c22-21(23,24)15-11-14(29(31)32)8-9-16(15)25-18(30)12-34-20-27-26-19(17-7-4-10-33-17)28(20)13-5-2-1-3-6-13/h4,7-11,13H,1-3,5-6,12H2,(H,25,30). The predicted molar refractivity (Wildman–Crippen MR) is 117 cm³/mol. The van der Waals surface area contributed by atoms with Crippen LogP contribution in [0.4, 0.5) is 24.5 Å². The van der Waals surface area contributed by atoms with Gasteiger partial charge in [0, 0.05) is 18.2 Å². The van der Waals surface area contributed by atoms with Crippen LogP contribution in [0.3, 0.4) is 0 Å². The first kappa shape index (κ1) is 23.8. The van der Waals surface area contributed by atoms with E-state index in [0.717, 1.165) is 56.0 Å². The molecule has 34 heavy (non-hydrogen) atoms. The zero-order chi connectivity index (χ0) is 24.3. The Morgan fingerprint density at radius 1 is 1.24 bits per heavy atom. The van der Waals surface area contributed by atoms with Crippen molar-refractivity contribution in [1.82, 2.24) is 14.8 Å². The lowest BCUT2D eigenvalue weighted by Crippen LogP contribution is -2.19. The first-order chi connectivity index (χ1) is 16.2. The minimum Gasteiger partial charge on any atom is -0.461 e. The Bertz CT molecular complexity index is 1170. The quantitative estimate of drug-likeness (QED) is 0.254.